The molecule has 1 aliphatic rings. The molecular formula is C9H14ClN5. The van der Waals surface area contributed by atoms with Gasteiger partial charge in [0.25, 0.3) is 5.25 Å². The van der Waals surface area contributed by atoms with Crippen LogP contribution in [0.15, 0.2) is 9.98 Å². The van der Waals surface area contributed by atoms with E-state index in [-0.39, 0.29) is 5.92 Å². The first-order valence-corrected chi connectivity index (χ1v) is 4.99. The standard InChI is InChI=1S/C9H14ClN5/c1-4-6(3)7-13-8(12-5-2)15-9(10,11)14-7/h1,6H,5,11H2,2-3H3,(H2,12,13,14,15). The average Bonchev–Trinajstić information content (AvgIpc) is 2.14. The minimum Gasteiger partial charge on any atom is -0.313 e. The van der Waals surface area contributed by atoms with E-state index < -0.39 is 5.25 Å². The lowest BCUT2D eigenvalue weighted by Gasteiger charge is -2.29. The highest BCUT2D eigenvalue weighted by Crippen LogP contribution is 2.11. The van der Waals surface area contributed by atoms with Gasteiger partial charge in [-0.25, -0.2) is 4.99 Å². The van der Waals surface area contributed by atoms with E-state index in [1.807, 2.05) is 13.8 Å². The zero-order valence-electron chi connectivity index (χ0n) is 8.71. The topological polar surface area (TPSA) is 74.8 Å². The fourth-order valence-corrected chi connectivity index (χ4v) is 1.25. The lowest BCUT2D eigenvalue weighted by atomic mass is 10.1. The van der Waals surface area contributed by atoms with Crippen molar-refractivity contribution in [3.8, 4) is 12.3 Å². The molecule has 1 rings (SSSR count). The lowest BCUT2D eigenvalue weighted by Crippen LogP contribution is -2.61. The van der Waals surface area contributed by atoms with Crippen molar-refractivity contribution in [2.24, 2.45) is 21.6 Å². The van der Waals surface area contributed by atoms with Crippen LogP contribution in [0.5, 0.6) is 0 Å². The van der Waals surface area contributed by atoms with Crippen molar-refractivity contribution in [1.29, 1.82) is 0 Å². The third-order valence-electron chi connectivity index (χ3n) is 1.80. The van der Waals surface area contributed by atoms with Crippen molar-refractivity contribution in [2.45, 2.75) is 19.1 Å². The second-order valence-corrected chi connectivity index (χ2v) is 3.71. The number of aliphatic imine (C=N–C) groups is 2. The second-order valence-electron chi connectivity index (χ2n) is 3.13. The molecule has 0 aromatic heterocycles. The van der Waals surface area contributed by atoms with E-state index in [1.165, 1.54) is 0 Å². The minimum absolute atomic E-state index is 0.184. The molecule has 1 heterocycles. The zero-order valence-corrected chi connectivity index (χ0v) is 9.47. The van der Waals surface area contributed by atoms with Crippen LogP contribution in [-0.4, -0.2) is 23.6 Å². The van der Waals surface area contributed by atoms with Crippen molar-refractivity contribution in [3.63, 3.8) is 0 Å². The van der Waals surface area contributed by atoms with Crippen LogP contribution in [0.2, 0.25) is 0 Å². The fourth-order valence-electron chi connectivity index (χ4n) is 1.07. The molecule has 0 amide bonds. The Kier molecular flexibility index (Phi) is 3.56. The molecule has 0 saturated carbocycles. The summed E-state index contributed by atoms with van der Waals surface area (Å²) in [6, 6.07) is 0. The van der Waals surface area contributed by atoms with Gasteiger partial charge in [-0.3, -0.25) is 10.7 Å². The summed E-state index contributed by atoms with van der Waals surface area (Å²) in [6.07, 6.45) is 5.30. The van der Waals surface area contributed by atoms with E-state index in [1.54, 1.807) is 0 Å². The van der Waals surface area contributed by atoms with Crippen LogP contribution in [0.4, 0.5) is 0 Å². The highest BCUT2D eigenvalue weighted by atomic mass is 35.5. The molecule has 0 spiro atoms. The number of terminal acetylenes is 1. The van der Waals surface area contributed by atoms with Crippen LogP contribution >= 0.6 is 11.6 Å². The third-order valence-corrected chi connectivity index (χ3v) is 1.98. The van der Waals surface area contributed by atoms with Crippen LogP contribution in [0, 0.1) is 18.3 Å². The van der Waals surface area contributed by atoms with E-state index in [2.05, 4.69) is 26.5 Å². The molecule has 6 heteroatoms. The smallest absolute Gasteiger partial charge is 0.266 e. The van der Waals surface area contributed by atoms with E-state index in [4.69, 9.17) is 23.8 Å². The van der Waals surface area contributed by atoms with Gasteiger partial charge in [-0.1, -0.05) is 17.5 Å². The Morgan fingerprint density at radius 3 is 3.00 bits per heavy atom. The van der Waals surface area contributed by atoms with Crippen LogP contribution < -0.4 is 16.4 Å². The van der Waals surface area contributed by atoms with Gasteiger partial charge in [-0.2, -0.15) is 0 Å². The summed E-state index contributed by atoms with van der Waals surface area (Å²) in [6.45, 7) is 4.34. The highest BCUT2D eigenvalue weighted by molar-refractivity contribution is 6.26. The molecule has 0 aromatic carbocycles. The molecule has 0 fully saturated rings. The number of amidine groups is 1. The predicted molar refractivity (Wildman–Crippen MR) is 62.5 cm³/mol. The predicted octanol–water partition coefficient (Wildman–Crippen LogP) is 0.0317. The summed E-state index contributed by atoms with van der Waals surface area (Å²) in [5, 5.41) is 4.30. The molecule has 2 atom stereocenters. The molecule has 0 aliphatic carbocycles. The Morgan fingerprint density at radius 1 is 1.80 bits per heavy atom. The van der Waals surface area contributed by atoms with Gasteiger partial charge >= 0.3 is 0 Å². The van der Waals surface area contributed by atoms with Gasteiger partial charge in [0.2, 0.25) is 5.96 Å². The summed E-state index contributed by atoms with van der Waals surface area (Å²) >= 11 is 5.89. The summed E-state index contributed by atoms with van der Waals surface area (Å²) in [4.78, 5) is 8.16. The normalized spacial score (nSPS) is 29.8. The Morgan fingerprint density at radius 2 is 2.47 bits per heavy atom. The number of nitrogens with two attached hydrogens (primary N) is 1. The van der Waals surface area contributed by atoms with E-state index in [9.17, 15) is 0 Å². The van der Waals surface area contributed by atoms with Gasteiger partial charge in [0.15, 0.2) is 0 Å². The number of halogens is 1. The number of nitrogens with one attached hydrogen (secondary N) is 2. The minimum atomic E-state index is -1.38. The number of alkyl halides is 1. The first-order valence-electron chi connectivity index (χ1n) is 4.62. The summed E-state index contributed by atoms with van der Waals surface area (Å²) in [5.41, 5.74) is 5.66. The summed E-state index contributed by atoms with van der Waals surface area (Å²) in [7, 11) is 0. The quantitative estimate of drug-likeness (QED) is 0.354. The Balaban J connectivity index is 2.95. The van der Waals surface area contributed by atoms with Crippen molar-refractivity contribution < 1.29 is 0 Å². The second kappa shape index (κ2) is 4.51. The first-order chi connectivity index (χ1) is 6.98. The molecule has 2 unspecified atom stereocenters. The number of rotatable bonds is 2. The van der Waals surface area contributed by atoms with Gasteiger partial charge in [0.1, 0.15) is 5.84 Å². The van der Waals surface area contributed by atoms with E-state index in [0.717, 1.165) is 0 Å². The lowest BCUT2D eigenvalue weighted by molar-refractivity contribution is 0.560. The largest absolute Gasteiger partial charge is 0.313 e. The summed E-state index contributed by atoms with van der Waals surface area (Å²) < 4.78 is 0. The molecule has 0 radical (unpaired) electrons. The van der Waals surface area contributed by atoms with Gasteiger partial charge in [-0.15, -0.1) is 6.42 Å². The molecule has 0 aromatic rings. The van der Waals surface area contributed by atoms with Crippen molar-refractivity contribution >= 4 is 23.4 Å². The molecule has 0 bridgehead atoms. The molecule has 15 heavy (non-hydrogen) atoms. The highest BCUT2D eigenvalue weighted by Gasteiger charge is 2.29. The summed E-state index contributed by atoms with van der Waals surface area (Å²) in [5.74, 6) is 3.39. The van der Waals surface area contributed by atoms with Gasteiger partial charge in [0, 0.05) is 6.54 Å². The Hall–Kier alpha value is -1.25. The number of nitrogens with zero attached hydrogens (tertiary/aromatic N) is 2. The maximum absolute atomic E-state index is 5.89. The number of hydrogen-bond donors (Lipinski definition) is 3. The van der Waals surface area contributed by atoms with Crippen molar-refractivity contribution in [2.75, 3.05) is 6.54 Å². The first kappa shape index (κ1) is 11.8. The molecule has 4 N–H and O–H groups in total. The van der Waals surface area contributed by atoms with E-state index >= 15 is 0 Å². The fraction of sp³-hybridized carbons (Fsp3) is 0.556. The monoisotopic (exact) mass is 227 g/mol. The Labute approximate surface area is 94.2 Å². The molecular weight excluding hydrogens is 214 g/mol. The van der Waals surface area contributed by atoms with E-state index in [0.29, 0.717) is 18.3 Å². The number of hydrogen-bond acceptors (Lipinski definition) is 3. The van der Waals surface area contributed by atoms with Gasteiger partial charge in [-0.05, 0) is 13.8 Å². The zero-order chi connectivity index (χ0) is 11.5. The SMILES string of the molecule is C#CC(C)C1=NC(N)(Cl)NC(=NCC)N1. The average molecular weight is 228 g/mol. The van der Waals surface area contributed by atoms with Crippen LogP contribution in [0.3, 0.4) is 0 Å². The Bertz CT molecular complexity index is 339. The molecule has 1 aliphatic heterocycles. The molecule has 0 saturated heterocycles. The maximum Gasteiger partial charge on any atom is 0.266 e. The van der Waals surface area contributed by atoms with Crippen molar-refractivity contribution in [1.82, 2.24) is 10.6 Å². The maximum atomic E-state index is 5.89. The van der Waals surface area contributed by atoms with Crippen molar-refractivity contribution in [3.05, 3.63) is 0 Å². The van der Waals surface area contributed by atoms with Gasteiger partial charge < -0.3 is 10.6 Å². The molecule has 82 valence electrons. The van der Waals surface area contributed by atoms with Crippen LogP contribution in [0.1, 0.15) is 13.8 Å². The molecule has 5 nitrogen and oxygen atoms in total. The van der Waals surface area contributed by atoms with Gasteiger partial charge in [0.05, 0.1) is 5.92 Å². The van der Waals surface area contributed by atoms with Crippen LogP contribution in [0.25, 0.3) is 0 Å². The third kappa shape index (κ3) is 3.11. The number of guanidine groups is 1. The van der Waals surface area contributed by atoms with Crippen LogP contribution in [-0.2, 0) is 0 Å².